The molecule has 2 amide bonds. The maximum atomic E-state index is 13.1. The van der Waals surface area contributed by atoms with Crippen LogP contribution in [0.5, 0.6) is 0 Å². The molecule has 0 aliphatic rings. The van der Waals surface area contributed by atoms with Crippen LogP contribution in [0.25, 0.3) is 0 Å². The first kappa shape index (κ1) is 21.9. The zero-order chi connectivity index (χ0) is 20.5. The second-order valence-corrected chi connectivity index (χ2v) is 7.21. The van der Waals surface area contributed by atoms with Crippen LogP contribution in [-0.2, 0) is 22.6 Å². The van der Waals surface area contributed by atoms with Gasteiger partial charge in [0.25, 0.3) is 0 Å². The molecule has 0 fully saturated rings. The first-order chi connectivity index (χ1) is 13.4. The molecule has 2 rings (SSSR count). The van der Waals surface area contributed by atoms with E-state index in [2.05, 4.69) is 12.2 Å². The lowest BCUT2D eigenvalue weighted by atomic mass is 10.1. The Labute approximate surface area is 170 Å². The number of rotatable bonds is 9. The Kier molecular flexibility index (Phi) is 8.45. The van der Waals surface area contributed by atoms with E-state index in [4.69, 9.17) is 11.6 Å². The Hall–Kier alpha value is -2.40. The van der Waals surface area contributed by atoms with Gasteiger partial charge in [-0.1, -0.05) is 49.2 Å². The highest BCUT2D eigenvalue weighted by Gasteiger charge is 2.26. The Balaban J connectivity index is 2.15. The van der Waals surface area contributed by atoms with Crippen LogP contribution in [0.3, 0.4) is 0 Å². The van der Waals surface area contributed by atoms with E-state index in [0.29, 0.717) is 23.7 Å². The quantitative estimate of drug-likeness (QED) is 0.631. The molecule has 2 aromatic carbocycles. The summed E-state index contributed by atoms with van der Waals surface area (Å²) < 4.78 is 13.1. The number of nitrogens with zero attached hydrogens (tertiary/aromatic N) is 1. The molecule has 1 N–H and O–H groups in total. The molecule has 4 nitrogen and oxygen atoms in total. The normalized spacial score (nSPS) is 11.7. The van der Waals surface area contributed by atoms with E-state index in [1.54, 1.807) is 36.1 Å². The lowest BCUT2D eigenvalue weighted by molar-refractivity contribution is -0.140. The van der Waals surface area contributed by atoms with Crippen molar-refractivity contribution >= 4 is 23.4 Å². The van der Waals surface area contributed by atoms with Crippen molar-refractivity contribution < 1.29 is 14.0 Å². The number of hydrogen-bond acceptors (Lipinski definition) is 2. The number of carbonyl (C=O) groups excluding carboxylic acids is 2. The largest absolute Gasteiger partial charge is 0.354 e. The van der Waals surface area contributed by atoms with Gasteiger partial charge in [0.2, 0.25) is 11.8 Å². The molecule has 0 aliphatic heterocycles. The monoisotopic (exact) mass is 404 g/mol. The minimum Gasteiger partial charge on any atom is -0.354 e. The zero-order valence-electron chi connectivity index (χ0n) is 16.3. The highest BCUT2D eigenvalue weighted by molar-refractivity contribution is 6.30. The minimum atomic E-state index is -0.625. The van der Waals surface area contributed by atoms with Gasteiger partial charge in [0.15, 0.2) is 0 Å². The highest BCUT2D eigenvalue weighted by Crippen LogP contribution is 2.15. The maximum Gasteiger partial charge on any atom is 0.242 e. The molecular weight excluding hydrogens is 379 g/mol. The molecule has 1 atom stereocenters. The van der Waals surface area contributed by atoms with Crippen molar-refractivity contribution in [2.45, 2.75) is 45.7 Å². The number of amides is 2. The molecular formula is C22H26ClFN2O2. The Morgan fingerprint density at radius 2 is 1.68 bits per heavy atom. The summed E-state index contributed by atoms with van der Waals surface area (Å²) in [5, 5.41) is 3.49. The predicted octanol–water partition coefficient (Wildman–Crippen LogP) is 4.36. The fourth-order valence-electron chi connectivity index (χ4n) is 2.78. The van der Waals surface area contributed by atoms with E-state index in [-0.39, 0.29) is 24.1 Å². The Morgan fingerprint density at radius 1 is 1.07 bits per heavy atom. The molecule has 6 heteroatoms. The van der Waals surface area contributed by atoms with E-state index < -0.39 is 6.04 Å². The molecule has 0 aliphatic carbocycles. The maximum absolute atomic E-state index is 13.1. The third-order valence-electron chi connectivity index (χ3n) is 4.53. The van der Waals surface area contributed by atoms with E-state index >= 15 is 0 Å². The smallest absolute Gasteiger partial charge is 0.242 e. The summed E-state index contributed by atoms with van der Waals surface area (Å²) in [7, 11) is 0. The molecule has 0 unspecified atom stereocenters. The van der Waals surface area contributed by atoms with Crippen LogP contribution < -0.4 is 5.32 Å². The number of hydrogen-bond donors (Lipinski definition) is 1. The standard InChI is InChI=1S/C22H26ClFN2O2/c1-3-4-13-25-22(28)16(2)26(15-18-5-9-19(23)10-6-18)21(27)14-17-7-11-20(24)12-8-17/h5-12,16H,3-4,13-15H2,1-2H3,(H,25,28)/t16-/m1/s1. The predicted molar refractivity (Wildman–Crippen MR) is 109 cm³/mol. The van der Waals surface area contributed by atoms with Crippen molar-refractivity contribution in [2.75, 3.05) is 6.54 Å². The summed E-state index contributed by atoms with van der Waals surface area (Å²) in [4.78, 5) is 27.0. The SMILES string of the molecule is CCCCNC(=O)[C@@H](C)N(Cc1ccc(Cl)cc1)C(=O)Cc1ccc(F)cc1. The zero-order valence-corrected chi connectivity index (χ0v) is 17.0. The molecule has 0 radical (unpaired) electrons. The van der Waals surface area contributed by atoms with Crippen LogP contribution in [0.4, 0.5) is 4.39 Å². The lowest BCUT2D eigenvalue weighted by Gasteiger charge is -2.29. The molecule has 150 valence electrons. The van der Waals surface area contributed by atoms with Gasteiger partial charge in [-0.2, -0.15) is 0 Å². The number of unbranched alkanes of at least 4 members (excludes halogenated alkanes) is 1. The van der Waals surface area contributed by atoms with Crippen LogP contribution in [0.15, 0.2) is 48.5 Å². The van der Waals surface area contributed by atoms with Gasteiger partial charge in [0.05, 0.1) is 6.42 Å². The fraction of sp³-hybridized carbons (Fsp3) is 0.364. The van der Waals surface area contributed by atoms with Crippen molar-refractivity contribution in [3.05, 3.63) is 70.5 Å². The molecule has 0 saturated heterocycles. The van der Waals surface area contributed by atoms with Gasteiger partial charge in [-0.25, -0.2) is 4.39 Å². The number of carbonyl (C=O) groups is 2. The van der Waals surface area contributed by atoms with Gasteiger partial charge in [-0.3, -0.25) is 9.59 Å². The van der Waals surface area contributed by atoms with Crippen molar-refractivity contribution in [3.8, 4) is 0 Å². The van der Waals surface area contributed by atoms with Gasteiger partial charge in [-0.05, 0) is 48.7 Å². The average Bonchev–Trinajstić information content (AvgIpc) is 2.68. The lowest BCUT2D eigenvalue weighted by Crippen LogP contribution is -2.48. The number of halogens is 2. The Morgan fingerprint density at radius 3 is 2.29 bits per heavy atom. The molecule has 0 bridgehead atoms. The molecule has 0 heterocycles. The average molecular weight is 405 g/mol. The van der Waals surface area contributed by atoms with E-state index in [0.717, 1.165) is 18.4 Å². The number of nitrogens with one attached hydrogen (secondary N) is 1. The molecule has 0 spiro atoms. The van der Waals surface area contributed by atoms with Crippen LogP contribution >= 0.6 is 11.6 Å². The van der Waals surface area contributed by atoms with Crippen LogP contribution in [-0.4, -0.2) is 29.3 Å². The minimum absolute atomic E-state index is 0.0977. The van der Waals surface area contributed by atoms with Gasteiger partial charge < -0.3 is 10.2 Å². The molecule has 28 heavy (non-hydrogen) atoms. The van der Waals surface area contributed by atoms with E-state index in [9.17, 15) is 14.0 Å². The van der Waals surface area contributed by atoms with E-state index in [1.807, 2.05) is 12.1 Å². The van der Waals surface area contributed by atoms with Crippen molar-refractivity contribution in [2.24, 2.45) is 0 Å². The van der Waals surface area contributed by atoms with Crippen LogP contribution in [0.2, 0.25) is 5.02 Å². The van der Waals surface area contributed by atoms with Crippen LogP contribution in [0, 0.1) is 5.82 Å². The van der Waals surface area contributed by atoms with Crippen molar-refractivity contribution in [3.63, 3.8) is 0 Å². The highest BCUT2D eigenvalue weighted by atomic mass is 35.5. The van der Waals surface area contributed by atoms with Gasteiger partial charge in [0.1, 0.15) is 11.9 Å². The first-order valence-corrected chi connectivity index (χ1v) is 9.84. The summed E-state index contributed by atoms with van der Waals surface area (Å²) in [6.45, 7) is 4.65. The second-order valence-electron chi connectivity index (χ2n) is 6.77. The van der Waals surface area contributed by atoms with Gasteiger partial charge in [0, 0.05) is 18.1 Å². The van der Waals surface area contributed by atoms with Crippen molar-refractivity contribution in [1.29, 1.82) is 0 Å². The van der Waals surface area contributed by atoms with Crippen LogP contribution in [0.1, 0.15) is 37.8 Å². The summed E-state index contributed by atoms with van der Waals surface area (Å²) in [6.07, 6.45) is 1.96. The van der Waals surface area contributed by atoms with E-state index in [1.165, 1.54) is 12.1 Å². The first-order valence-electron chi connectivity index (χ1n) is 9.46. The van der Waals surface area contributed by atoms with Crippen molar-refractivity contribution in [1.82, 2.24) is 10.2 Å². The fourth-order valence-corrected chi connectivity index (χ4v) is 2.91. The summed E-state index contributed by atoms with van der Waals surface area (Å²) in [6, 6.07) is 12.4. The summed E-state index contributed by atoms with van der Waals surface area (Å²) in [5.74, 6) is -0.729. The molecule has 2 aromatic rings. The number of benzene rings is 2. The summed E-state index contributed by atoms with van der Waals surface area (Å²) >= 11 is 5.94. The van der Waals surface area contributed by atoms with Gasteiger partial charge >= 0.3 is 0 Å². The molecule has 0 saturated carbocycles. The Bertz CT molecular complexity index is 778. The second kappa shape index (κ2) is 10.8. The topological polar surface area (TPSA) is 49.4 Å². The van der Waals surface area contributed by atoms with Gasteiger partial charge in [-0.15, -0.1) is 0 Å². The third kappa shape index (κ3) is 6.64. The summed E-state index contributed by atoms with van der Waals surface area (Å²) in [5.41, 5.74) is 1.58. The third-order valence-corrected chi connectivity index (χ3v) is 4.78. The molecule has 0 aromatic heterocycles.